The molecule has 4 aromatic heterocycles. The molecule has 12 heteroatoms. The number of nitrogens with zero attached hydrogens (tertiary/aromatic N) is 5. The van der Waals surface area contributed by atoms with Crippen molar-refractivity contribution in [2.45, 2.75) is 46.3 Å². The quantitative estimate of drug-likeness (QED) is 0.346. The molecule has 38 heavy (non-hydrogen) atoms. The minimum Gasteiger partial charge on any atom is -0.486 e. The van der Waals surface area contributed by atoms with Crippen molar-refractivity contribution < 1.29 is 27.4 Å². The second-order valence-electron chi connectivity index (χ2n) is 9.06. The van der Waals surface area contributed by atoms with Crippen LogP contribution in [0, 0.1) is 25.5 Å². The predicted molar refractivity (Wildman–Crippen MR) is 129 cm³/mol. The first-order valence-corrected chi connectivity index (χ1v) is 11.4. The van der Waals surface area contributed by atoms with E-state index in [9.17, 15) is 27.5 Å². The fraction of sp³-hybridized carbons (Fsp3) is 0.269. The molecule has 4 aromatic rings. The van der Waals surface area contributed by atoms with Crippen molar-refractivity contribution in [3.05, 3.63) is 93.2 Å². The van der Waals surface area contributed by atoms with Crippen LogP contribution in [0.15, 0.2) is 47.7 Å². The Morgan fingerprint density at radius 2 is 1.79 bits per heavy atom. The molecule has 0 amide bonds. The summed E-state index contributed by atoms with van der Waals surface area (Å²) in [5, 5.41) is 10.2. The van der Waals surface area contributed by atoms with Crippen molar-refractivity contribution in [3.63, 3.8) is 0 Å². The summed E-state index contributed by atoms with van der Waals surface area (Å²) in [6.07, 6.45) is 0.477. The summed E-state index contributed by atoms with van der Waals surface area (Å²) in [6, 6.07) is 4.92. The number of aryl methyl sites for hydroxylation is 2. The van der Waals surface area contributed by atoms with Gasteiger partial charge in [0.05, 0.1) is 23.3 Å². The number of hydrogen-bond acceptors (Lipinski definition) is 7. The Kier molecular flexibility index (Phi) is 7.27. The number of aliphatic hydroxyl groups is 1. The number of hydrogen-bond donors (Lipinski definition) is 1. The molecule has 4 heterocycles. The number of aromatic nitrogens is 5. The van der Waals surface area contributed by atoms with Crippen LogP contribution in [0.25, 0.3) is 17.1 Å². The summed E-state index contributed by atoms with van der Waals surface area (Å²) in [5.41, 5.74) is -1.87. The van der Waals surface area contributed by atoms with E-state index in [0.717, 1.165) is 10.8 Å². The Bertz CT molecular complexity index is 1570. The molecule has 198 valence electrons. The van der Waals surface area contributed by atoms with E-state index in [1.165, 1.54) is 45.3 Å². The first-order valence-electron chi connectivity index (χ1n) is 11.4. The predicted octanol–water partition coefficient (Wildman–Crippen LogP) is 4.72. The van der Waals surface area contributed by atoms with Crippen molar-refractivity contribution in [3.8, 4) is 22.8 Å². The molecule has 0 fully saturated rings. The average Bonchev–Trinajstić information content (AvgIpc) is 2.83. The summed E-state index contributed by atoms with van der Waals surface area (Å²) < 4.78 is 61.7. The van der Waals surface area contributed by atoms with Gasteiger partial charge in [-0.05, 0) is 45.4 Å². The van der Waals surface area contributed by atoms with E-state index in [-0.39, 0.29) is 22.9 Å². The van der Waals surface area contributed by atoms with Gasteiger partial charge >= 0.3 is 0 Å². The Hall–Kier alpha value is -4.19. The first-order chi connectivity index (χ1) is 17.9. The molecule has 0 radical (unpaired) electrons. The summed E-state index contributed by atoms with van der Waals surface area (Å²) in [7, 11) is 0. The minimum atomic E-state index is -3.21. The van der Waals surface area contributed by atoms with E-state index in [4.69, 9.17) is 4.74 Å². The third-order valence-electron chi connectivity index (χ3n) is 5.64. The van der Waals surface area contributed by atoms with Crippen molar-refractivity contribution in [1.82, 2.24) is 24.5 Å². The van der Waals surface area contributed by atoms with E-state index < -0.39 is 47.1 Å². The van der Waals surface area contributed by atoms with Crippen molar-refractivity contribution in [1.29, 1.82) is 0 Å². The van der Waals surface area contributed by atoms with Crippen LogP contribution in [0.5, 0.6) is 5.75 Å². The van der Waals surface area contributed by atoms with Crippen LogP contribution in [0.2, 0.25) is 0 Å². The zero-order chi connectivity index (χ0) is 27.8. The molecule has 1 N–H and O–H groups in total. The summed E-state index contributed by atoms with van der Waals surface area (Å²) in [5.74, 6) is -2.20. The highest BCUT2D eigenvalue weighted by molar-refractivity contribution is 5.59. The van der Waals surface area contributed by atoms with E-state index in [0.29, 0.717) is 23.0 Å². The Morgan fingerprint density at radius 1 is 1.05 bits per heavy atom. The second kappa shape index (κ2) is 10.3. The normalized spacial score (nSPS) is 11.7. The van der Waals surface area contributed by atoms with Crippen LogP contribution in [0.1, 0.15) is 48.6 Å². The maximum absolute atomic E-state index is 14.1. The molecule has 0 saturated heterocycles. The molecule has 0 saturated carbocycles. The molecule has 0 unspecified atom stereocenters. The fourth-order valence-electron chi connectivity index (χ4n) is 3.72. The van der Waals surface area contributed by atoms with Gasteiger partial charge in [0.2, 0.25) is 0 Å². The van der Waals surface area contributed by atoms with Crippen molar-refractivity contribution >= 4 is 0 Å². The van der Waals surface area contributed by atoms with Crippen molar-refractivity contribution in [2.24, 2.45) is 0 Å². The standard InChI is InChI=1S/C26H23F4N5O3/c1-13-10-32-18(17-5-6-31-25(34-17)26(3,4)37)9-20(13)35-14(2)7-21(22(23(29)30)24(35)36)38-12-19-16(28)8-15(27)11-33-19/h5-11,23,37H,12H2,1-4H3. The summed E-state index contributed by atoms with van der Waals surface area (Å²) in [4.78, 5) is 29.7. The van der Waals surface area contributed by atoms with Gasteiger partial charge in [0.15, 0.2) is 11.6 Å². The lowest BCUT2D eigenvalue weighted by Crippen LogP contribution is -2.26. The highest BCUT2D eigenvalue weighted by atomic mass is 19.3. The lowest BCUT2D eigenvalue weighted by atomic mass is 10.1. The maximum Gasteiger partial charge on any atom is 0.272 e. The van der Waals surface area contributed by atoms with Crippen LogP contribution >= 0.6 is 0 Å². The topological polar surface area (TPSA) is 103 Å². The van der Waals surface area contributed by atoms with Gasteiger partial charge in [0, 0.05) is 30.2 Å². The largest absolute Gasteiger partial charge is 0.486 e. The molecular weight excluding hydrogens is 506 g/mol. The number of pyridine rings is 3. The number of alkyl halides is 2. The Labute approximate surface area is 214 Å². The first kappa shape index (κ1) is 26.9. The van der Waals surface area contributed by atoms with E-state index in [2.05, 4.69) is 19.9 Å². The highest BCUT2D eigenvalue weighted by Crippen LogP contribution is 2.30. The lowest BCUT2D eigenvalue weighted by molar-refractivity contribution is 0.0688. The van der Waals surface area contributed by atoms with Crippen LogP contribution in [0.4, 0.5) is 17.6 Å². The molecule has 0 aliphatic rings. The Morgan fingerprint density at radius 3 is 2.45 bits per heavy atom. The van der Waals surface area contributed by atoms with Gasteiger partial charge in [0.25, 0.3) is 12.0 Å². The highest BCUT2D eigenvalue weighted by Gasteiger charge is 2.25. The van der Waals surface area contributed by atoms with Gasteiger partial charge in [0.1, 0.15) is 35.0 Å². The number of ether oxygens (including phenoxy) is 1. The van der Waals surface area contributed by atoms with E-state index in [1.54, 1.807) is 13.0 Å². The van der Waals surface area contributed by atoms with Crippen LogP contribution < -0.4 is 10.3 Å². The van der Waals surface area contributed by atoms with Crippen LogP contribution in [-0.2, 0) is 12.2 Å². The van der Waals surface area contributed by atoms with Gasteiger partial charge < -0.3 is 9.84 Å². The van der Waals surface area contributed by atoms with E-state index >= 15 is 0 Å². The minimum absolute atomic E-state index is 0.154. The molecule has 8 nitrogen and oxygen atoms in total. The fourth-order valence-corrected chi connectivity index (χ4v) is 3.72. The molecule has 0 spiro atoms. The zero-order valence-electron chi connectivity index (χ0n) is 20.8. The molecule has 0 aromatic carbocycles. The summed E-state index contributed by atoms with van der Waals surface area (Å²) in [6.45, 7) is 5.65. The third kappa shape index (κ3) is 5.40. The van der Waals surface area contributed by atoms with Gasteiger partial charge in [-0.3, -0.25) is 19.3 Å². The number of rotatable bonds is 7. The van der Waals surface area contributed by atoms with Gasteiger partial charge in [-0.1, -0.05) is 0 Å². The summed E-state index contributed by atoms with van der Waals surface area (Å²) >= 11 is 0. The molecule has 0 bridgehead atoms. The zero-order valence-corrected chi connectivity index (χ0v) is 20.8. The lowest BCUT2D eigenvalue weighted by Gasteiger charge is -2.19. The molecule has 0 aliphatic heterocycles. The van der Waals surface area contributed by atoms with E-state index in [1.807, 2.05) is 0 Å². The van der Waals surface area contributed by atoms with Crippen LogP contribution in [0.3, 0.4) is 0 Å². The maximum atomic E-state index is 14.1. The van der Waals surface area contributed by atoms with Crippen molar-refractivity contribution in [2.75, 3.05) is 0 Å². The molecular formula is C26H23F4N5O3. The second-order valence-corrected chi connectivity index (χ2v) is 9.06. The van der Waals surface area contributed by atoms with Gasteiger partial charge in [-0.25, -0.2) is 27.5 Å². The average molecular weight is 529 g/mol. The molecule has 4 rings (SSSR count). The Balaban J connectivity index is 1.79. The SMILES string of the molecule is Cc1cnc(-c2ccnc(C(C)(C)O)n2)cc1-n1c(C)cc(OCc2ncc(F)cc2F)c(C(F)F)c1=O. The molecule has 0 atom stereocenters. The smallest absolute Gasteiger partial charge is 0.272 e. The molecule has 0 aliphatic carbocycles. The van der Waals surface area contributed by atoms with Crippen LogP contribution in [-0.4, -0.2) is 29.6 Å². The monoisotopic (exact) mass is 529 g/mol. The third-order valence-corrected chi connectivity index (χ3v) is 5.64. The number of halogens is 4. The van der Waals surface area contributed by atoms with Gasteiger partial charge in [-0.15, -0.1) is 0 Å². The van der Waals surface area contributed by atoms with Gasteiger partial charge in [-0.2, -0.15) is 0 Å².